The van der Waals surface area contributed by atoms with E-state index in [-0.39, 0.29) is 0 Å². The van der Waals surface area contributed by atoms with E-state index in [1.165, 1.54) is 0 Å². The zero-order valence-electron chi connectivity index (χ0n) is 17.2. The molecule has 2 aromatic heterocycles. The first kappa shape index (κ1) is 11.6. The number of fused-ring (bicyclic) bond motifs is 5. The molecule has 5 rings (SSSR count). The molecule has 3 heterocycles. The van der Waals surface area contributed by atoms with Crippen LogP contribution in [-0.2, 0) is 13.5 Å². The van der Waals surface area contributed by atoms with E-state index in [4.69, 9.17) is 9.10 Å². The predicted octanol–water partition coefficient (Wildman–Crippen LogP) is 4.32. The Hall–Kier alpha value is -2.94. The molecule has 2 aromatic carbocycles. The number of para-hydroxylation sites is 1. The van der Waals surface area contributed by atoms with Crippen molar-refractivity contribution >= 4 is 28.1 Å². The monoisotopic (exact) mass is 329 g/mol. The molecule has 0 radical (unpaired) electrons. The van der Waals surface area contributed by atoms with Gasteiger partial charge in [0.05, 0.1) is 16.5 Å². The Morgan fingerprint density at radius 3 is 2.92 bits per heavy atom. The van der Waals surface area contributed by atoms with E-state index in [0.717, 1.165) is 51.0 Å². The molecule has 0 N–H and O–H groups in total. The maximum absolute atomic E-state index is 7.69. The van der Waals surface area contributed by atoms with Gasteiger partial charge in [-0.05, 0) is 31.5 Å². The Morgan fingerprint density at radius 2 is 2.08 bits per heavy atom. The SMILES string of the molecule is [2H]C([2H])([2H])c1ccc(-c2c3nc4n(c3c3ccccc3[n+]2C)C=CC4)c(C)c1. The number of hydrogen-bond acceptors (Lipinski definition) is 1. The van der Waals surface area contributed by atoms with Gasteiger partial charge in [-0.15, -0.1) is 0 Å². The fraction of sp³-hybridized carbons (Fsp3) is 0.182. The Labute approximate surface area is 151 Å². The lowest BCUT2D eigenvalue weighted by Gasteiger charge is -2.09. The fourth-order valence-corrected chi connectivity index (χ4v) is 3.95. The molecule has 0 saturated carbocycles. The molecule has 0 aliphatic carbocycles. The summed E-state index contributed by atoms with van der Waals surface area (Å²) in [6.07, 6.45) is 5.04. The molecule has 1 aliphatic rings. The topological polar surface area (TPSA) is 21.7 Å². The first-order chi connectivity index (χ1) is 13.4. The molecule has 4 aromatic rings. The van der Waals surface area contributed by atoms with Crippen LogP contribution in [0.5, 0.6) is 0 Å². The quantitative estimate of drug-likeness (QED) is 0.477. The molecule has 0 atom stereocenters. The fourth-order valence-electron chi connectivity index (χ4n) is 3.95. The van der Waals surface area contributed by atoms with E-state index in [0.29, 0.717) is 5.56 Å². The van der Waals surface area contributed by atoms with Crippen molar-refractivity contribution in [3.63, 3.8) is 0 Å². The number of nitrogens with zero attached hydrogens (tertiary/aromatic N) is 3. The van der Waals surface area contributed by atoms with Crippen molar-refractivity contribution in [2.24, 2.45) is 7.05 Å². The van der Waals surface area contributed by atoms with Crippen molar-refractivity contribution in [1.82, 2.24) is 9.55 Å². The maximum atomic E-state index is 7.69. The summed E-state index contributed by atoms with van der Waals surface area (Å²) in [6, 6.07) is 13.7. The highest BCUT2D eigenvalue weighted by molar-refractivity contribution is 6.06. The molecule has 25 heavy (non-hydrogen) atoms. The molecule has 122 valence electrons. The predicted molar refractivity (Wildman–Crippen MR) is 102 cm³/mol. The van der Waals surface area contributed by atoms with Crippen LogP contribution in [0.3, 0.4) is 0 Å². The Morgan fingerprint density at radius 1 is 1.20 bits per heavy atom. The van der Waals surface area contributed by atoms with Crippen LogP contribution in [0, 0.1) is 13.8 Å². The minimum Gasteiger partial charge on any atom is -0.302 e. The molecule has 0 fully saturated rings. The van der Waals surface area contributed by atoms with E-state index < -0.39 is 6.85 Å². The molecule has 0 spiro atoms. The molecule has 0 unspecified atom stereocenters. The van der Waals surface area contributed by atoms with Gasteiger partial charge in [-0.2, -0.15) is 4.57 Å². The van der Waals surface area contributed by atoms with Crippen molar-refractivity contribution in [2.45, 2.75) is 20.2 Å². The summed E-state index contributed by atoms with van der Waals surface area (Å²) < 4.78 is 27.4. The number of aromatic nitrogens is 3. The highest BCUT2D eigenvalue weighted by atomic mass is 15.1. The van der Waals surface area contributed by atoms with Gasteiger partial charge in [0, 0.05) is 22.8 Å². The second kappa shape index (κ2) is 5.03. The average Bonchev–Trinajstić information content (AvgIpc) is 3.23. The smallest absolute Gasteiger partial charge is 0.241 e. The molecule has 0 saturated heterocycles. The zero-order valence-corrected chi connectivity index (χ0v) is 14.2. The van der Waals surface area contributed by atoms with Gasteiger partial charge in [-0.3, -0.25) is 0 Å². The summed E-state index contributed by atoms with van der Waals surface area (Å²) in [6.45, 7) is -0.139. The Bertz CT molecular complexity index is 1300. The Kier molecular flexibility index (Phi) is 2.33. The van der Waals surface area contributed by atoms with Gasteiger partial charge in [0.1, 0.15) is 12.9 Å². The first-order valence-electron chi connectivity index (χ1n) is 9.96. The van der Waals surface area contributed by atoms with Crippen molar-refractivity contribution in [3.05, 3.63) is 65.5 Å². The lowest BCUT2D eigenvalue weighted by Crippen LogP contribution is -2.32. The van der Waals surface area contributed by atoms with Crippen LogP contribution < -0.4 is 4.57 Å². The minimum atomic E-state index is -2.11. The third-order valence-corrected chi connectivity index (χ3v) is 5.10. The Balaban J connectivity index is 1.90. The van der Waals surface area contributed by atoms with Gasteiger partial charge in [0.25, 0.3) is 0 Å². The maximum Gasteiger partial charge on any atom is 0.241 e. The van der Waals surface area contributed by atoms with Crippen LogP contribution in [0.25, 0.3) is 39.4 Å². The summed E-state index contributed by atoms with van der Waals surface area (Å²) in [7, 11) is 2.05. The summed E-state index contributed by atoms with van der Waals surface area (Å²) in [5, 5.41) is 1.16. The normalized spacial score (nSPS) is 15.4. The number of rotatable bonds is 1. The highest BCUT2D eigenvalue weighted by Gasteiger charge is 2.27. The molecule has 0 amide bonds. The third kappa shape index (κ3) is 1.92. The summed E-state index contributed by atoms with van der Waals surface area (Å²) in [4.78, 5) is 4.96. The lowest BCUT2D eigenvalue weighted by atomic mass is 10.00. The number of allylic oxidation sites excluding steroid dienone is 1. The molecule has 0 bridgehead atoms. The molecule has 3 heteroatoms. The van der Waals surface area contributed by atoms with Crippen LogP contribution >= 0.6 is 0 Å². The van der Waals surface area contributed by atoms with Crippen LogP contribution in [0.4, 0.5) is 0 Å². The minimum absolute atomic E-state index is 0.365. The largest absolute Gasteiger partial charge is 0.302 e. The second-order valence-corrected chi connectivity index (χ2v) is 6.64. The second-order valence-electron chi connectivity index (χ2n) is 6.64. The summed E-state index contributed by atoms with van der Waals surface area (Å²) in [5.74, 6) is 1.03. The number of pyridine rings is 1. The number of hydrogen-bond donors (Lipinski definition) is 0. The first-order valence-corrected chi connectivity index (χ1v) is 8.46. The van der Waals surface area contributed by atoms with Gasteiger partial charge in [0.2, 0.25) is 11.2 Å². The number of benzene rings is 2. The molecule has 3 nitrogen and oxygen atoms in total. The van der Waals surface area contributed by atoms with Crippen LogP contribution in [0.1, 0.15) is 21.1 Å². The van der Waals surface area contributed by atoms with Crippen molar-refractivity contribution in [1.29, 1.82) is 0 Å². The standard InChI is InChI=1S/C22H20N3/c1-14-10-11-16(15(2)13-14)21-20-22(25-12-6-9-19(25)23-20)17-7-4-5-8-18(17)24(21)3/h4-8,10-13H,9H2,1-3H3/q+1/i1D3. The zero-order chi connectivity index (χ0) is 19.6. The lowest BCUT2D eigenvalue weighted by molar-refractivity contribution is -0.632. The van der Waals surface area contributed by atoms with Gasteiger partial charge in [0.15, 0.2) is 5.52 Å². The van der Waals surface area contributed by atoms with Crippen LogP contribution in [0.2, 0.25) is 0 Å². The average molecular weight is 329 g/mol. The van der Waals surface area contributed by atoms with Crippen molar-refractivity contribution in [2.75, 3.05) is 0 Å². The van der Waals surface area contributed by atoms with Gasteiger partial charge < -0.3 is 4.57 Å². The van der Waals surface area contributed by atoms with Crippen molar-refractivity contribution in [3.8, 4) is 11.3 Å². The van der Waals surface area contributed by atoms with E-state index in [1.807, 2.05) is 19.1 Å². The number of aryl methyl sites for hydroxylation is 3. The van der Waals surface area contributed by atoms with E-state index in [1.54, 1.807) is 12.1 Å². The van der Waals surface area contributed by atoms with Gasteiger partial charge >= 0.3 is 0 Å². The van der Waals surface area contributed by atoms with Gasteiger partial charge in [-0.25, -0.2) is 4.98 Å². The van der Waals surface area contributed by atoms with Crippen LogP contribution in [-0.4, -0.2) is 9.55 Å². The van der Waals surface area contributed by atoms with E-state index in [9.17, 15) is 0 Å². The summed E-state index contributed by atoms with van der Waals surface area (Å²) in [5.41, 5.74) is 6.49. The summed E-state index contributed by atoms with van der Waals surface area (Å²) >= 11 is 0. The van der Waals surface area contributed by atoms with E-state index in [2.05, 4.69) is 46.7 Å². The van der Waals surface area contributed by atoms with Crippen LogP contribution in [0.15, 0.2) is 48.5 Å². The molecular weight excluding hydrogens is 306 g/mol. The molecular formula is C22H20N3+. The highest BCUT2D eigenvalue weighted by Crippen LogP contribution is 2.34. The molecule has 1 aliphatic heterocycles. The van der Waals surface area contributed by atoms with Crippen molar-refractivity contribution < 1.29 is 8.68 Å². The number of imidazole rings is 1. The van der Waals surface area contributed by atoms with Gasteiger partial charge in [-0.1, -0.05) is 35.9 Å². The van der Waals surface area contributed by atoms with E-state index >= 15 is 0 Å². The third-order valence-electron chi connectivity index (χ3n) is 5.10.